The van der Waals surface area contributed by atoms with Crippen molar-refractivity contribution in [1.82, 2.24) is 10.2 Å². The molecule has 0 aromatic rings. The molecule has 2 atom stereocenters. The Hall–Kier alpha value is -0.570. The topological polar surface area (TPSA) is 32.3 Å². The summed E-state index contributed by atoms with van der Waals surface area (Å²) in [5.74, 6) is 1.55. The molecule has 1 aliphatic carbocycles. The monoisotopic (exact) mass is 238 g/mol. The minimum Gasteiger partial charge on any atom is -0.323 e. The van der Waals surface area contributed by atoms with Crippen molar-refractivity contribution in [2.45, 2.75) is 71.6 Å². The Balaban J connectivity index is 2.03. The van der Waals surface area contributed by atoms with E-state index in [1.807, 2.05) is 0 Å². The lowest BCUT2D eigenvalue weighted by molar-refractivity contribution is -0.133. The zero-order valence-corrected chi connectivity index (χ0v) is 11.6. The molecule has 2 rings (SSSR count). The maximum absolute atomic E-state index is 12.4. The molecule has 2 fully saturated rings. The fourth-order valence-corrected chi connectivity index (χ4v) is 3.26. The van der Waals surface area contributed by atoms with E-state index in [2.05, 4.69) is 37.9 Å². The SMILES string of the molecule is CC1CCC(N2C(=O)C(C(C)C)NC2C)CC1. The van der Waals surface area contributed by atoms with Crippen LogP contribution in [0.1, 0.15) is 53.4 Å². The molecule has 3 heteroatoms. The second-order valence-electron chi connectivity index (χ2n) is 6.22. The van der Waals surface area contributed by atoms with E-state index in [9.17, 15) is 4.79 Å². The summed E-state index contributed by atoms with van der Waals surface area (Å²) in [5.41, 5.74) is 0. The van der Waals surface area contributed by atoms with Gasteiger partial charge in [-0.1, -0.05) is 20.8 Å². The van der Waals surface area contributed by atoms with Crippen LogP contribution in [0.3, 0.4) is 0 Å². The summed E-state index contributed by atoms with van der Waals surface area (Å²) in [6.07, 6.45) is 5.13. The first-order valence-corrected chi connectivity index (χ1v) is 7.09. The standard InChI is InChI=1S/C14H26N2O/c1-9(2)13-14(17)16(11(4)15-13)12-7-5-10(3)6-8-12/h9-13,15H,5-8H2,1-4H3. The maximum Gasteiger partial charge on any atom is 0.241 e. The van der Waals surface area contributed by atoms with Crippen molar-refractivity contribution in [2.24, 2.45) is 11.8 Å². The number of carbonyl (C=O) groups excluding carboxylic acids is 1. The summed E-state index contributed by atoms with van der Waals surface area (Å²) >= 11 is 0. The Labute approximate surface area is 105 Å². The molecule has 0 radical (unpaired) electrons. The molecule has 2 aliphatic rings. The predicted molar refractivity (Wildman–Crippen MR) is 69.5 cm³/mol. The third-order valence-electron chi connectivity index (χ3n) is 4.40. The Morgan fingerprint density at radius 2 is 1.76 bits per heavy atom. The molecule has 0 aromatic carbocycles. The van der Waals surface area contributed by atoms with Gasteiger partial charge in [-0.15, -0.1) is 0 Å². The minimum absolute atomic E-state index is 0.0318. The van der Waals surface area contributed by atoms with Crippen LogP contribution in [-0.2, 0) is 4.79 Å². The molecule has 1 heterocycles. The molecule has 1 amide bonds. The van der Waals surface area contributed by atoms with Crippen LogP contribution in [0.5, 0.6) is 0 Å². The van der Waals surface area contributed by atoms with Crippen LogP contribution in [0.2, 0.25) is 0 Å². The van der Waals surface area contributed by atoms with Crippen LogP contribution < -0.4 is 5.32 Å². The van der Waals surface area contributed by atoms with Gasteiger partial charge in [0.2, 0.25) is 5.91 Å². The summed E-state index contributed by atoms with van der Waals surface area (Å²) < 4.78 is 0. The summed E-state index contributed by atoms with van der Waals surface area (Å²) in [6.45, 7) is 8.68. The Kier molecular flexibility index (Phi) is 3.76. The Morgan fingerprint density at radius 3 is 2.24 bits per heavy atom. The van der Waals surface area contributed by atoms with Crippen molar-refractivity contribution in [3.8, 4) is 0 Å². The third kappa shape index (κ3) is 2.49. The second kappa shape index (κ2) is 4.97. The average Bonchev–Trinajstić information content (AvgIpc) is 2.56. The van der Waals surface area contributed by atoms with Crippen LogP contribution in [0.25, 0.3) is 0 Å². The minimum atomic E-state index is 0.0318. The zero-order valence-electron chi connectivity index (χ0n) is 11.6. The van der Waals surface area contributed by atoms with Crippen LogP contribution >= 0.6 is 0 Å². The summed E-state index contributed by atoms with van der Waals surface area (Å²) in [7, 11) is 0. The van der Waals surface area contributed by atoms with Gasteiger partial charge in [-0.3, -0.25) is 10.1 Å². The highest BCUT2D eigenvalue weighted by Gasteiger charge is 2.41. The predicted octanol–water partition coefficient (Wildman–Crippen LogP) is 2.37. The highest BCUT2D eigenvalue weighted by atomic mass is 16.2. The van der Waals surface area contributed by atoms with Gasteiger partial charge in [0.05, 0.1) is 12.2 Å². The molecular formula is C14H26N2O. The molecule has 0 spiro atoms. The summed E-state index contributed by atoms with van der Waals surface area (Å²) in [4.78, 5) is 14.5. The van der Waals surface area contributed by atoms with Crippen LogP contribution in [0.15, 0.2) is 0 Å². The fraction of sp³-hybridized carbons (Fsp3) is 0.929. The number of amides is 1. The van der Waals surface area contributed by atoms with Gasteiger partial charge in [-0.2, -0.15) is 0 Å². The lowest BCUT2D eigenvalue weighted by atomic mass is 9.86. The van der Waals surface area contributed by atoms with Gasteiger partial charge < -0.3 is 4.90 Å². The molecule has 17 heavy (non-hydrogen) atoms. The van der Waals surface area contributed by atoms with Crippen LogP contribution in [0, 0.1) is 11.8 Å². The zero-order chi connectivity index (χ0) is 12.6. The smallest absolute Gasteiger partial charge is 0.241 e. The van der Waals surface area contributed by atoms with Gasteiger partial charge in [0.15, 0.2) is 0 Å². The molecule has 1 N–H and O–H groups in total. The van der Waals surface area contributed by atoms with Gasteiger partial charge in [-0.05, 0) is 44.4 Å². The molecule has 1 aliphatic heterocycles. The number of hydrogen-bond donors (Lipinski definition) is 1. The molecule has 0 aromatic heterocycles. The molecular weight excluding hydrogens is 212 g/mol. The van der Waals surface area contributed by atoms with Gasteiger partial charge in [-0.25, -0.2) is 0 Å². The van der Waals surface area contributed by atoms with E-state index in [1.54, 1.807) is 0 Å². The molecule has 3 nitrogen and oxygen atoms in total. The van der Waals surface area contributed by atoms with Crippen molar-refractivity contribution in [3.05, 3.63) is 0 Å². The second-order valence-corrected chi connectivity index (χ2v) is 6.22. The summed E-state index contributed by atoms with van der Waals surface area (Å²) in [5, 5.41) is 3.44. The van der Waals surface area contributed by atoms with E-state index in [0.29, 0.717) is 17.9 Å². The molecule has 98 valence electrons. The first kappa shape index (κ1) is 12.9. The first-order valence-electron chi connectivity index (χ1n) is 7.09. The lowest BCUT2D eigenvalue weighted by Gasteiger charge is -2.35. The van der Waals surface area contributed by atoms with Crippen molar-refractivity contribution >= 4 is 5.91 Å². The normalized spacial score (nSPS) is 39.1. The Morgan fingerprint density at radius 1 is 1.18 bits per heavy atom. The number of nitrogens with zero attached hydrogens (tertiary/aromatic N) is 1. The lowest BCUT2D eigenvalue weighted by Crippen LogP contribution is -2.44. The van der Waals surface area contributed by atoms with E-state index in [-0.39, 0.29) is 12.2 Å². The van der Waals surface area contributed by atoms with Crippen molar-refractivity contribution in [1.29, 1.82) is 0 Å². The van der Waals surface area contributed by atoms with E-state index < -0.39 is 0 Å². The number of carbonyl (C=O) groups is 1. The van der Waals surface area contributed by atoms with Crippen LogP contribution in [-0.4, -0.2) is 29.1 Å². The third-order valence-corrected chi connectivity index (χ3v) is 4.40. The number of hydrogen-bond acceptors (Lipinski definition) is 2. The molecule has 1 saturated heterocycles. The van der Waals surface area contributed by atoms with E-state index in [4.69, 9.17) is 0 Å². The number of nitrogens with one attached hydrogen (secondary N) is 1. The first-order chi connectivity index (χ1) is 8.00. The molecule has 0 bridgehead atoms. The van der Waals surface area contributed by atoms with E-state index >= 15 is 0 Å². The Bertz CT molecular complexity index is 282. The highest BCUT2D eigenvalue weighted by molar-refractivity contribution is 5.84. The highest BCUT2D eigenvalue weighted by Crippen LogP contribution is 2.30. The van der Waals surface area contributed by atoms with Gasteiger partial charge >= 0.3 is 0 Å². The van der Waals surface area contributed by atoms with E-state index in [0.717, 1.165) is 5.92 Å². The molecule has 1 saturated carbocycles. The van der Waals surface area contributed by atoms with Gasteiger partial charge in [0.1, 0.15) is 0 Å². The van der Waals surface area contributed by atoms with Crippen molar-refractivity contribution in [3.63, 3.8) is 0 Å². The molecule has 2 unspecified atom stereocenters. The van der Waals surface area contributed by atoms with Crippen molar-refractivity contribution in [2.75, 3.05) is 0 Å². The average molecular weight is 238 g/mol. The van der Waals surface area contributed by atoms with Gasteiger partial charge in [0.25, 0.3) is 0 Å². The van der Waals surface area contributed by atoms with Crippen LogP contribution in [0.4, 0.5) is 0 Å². The summed E-state index contributed by atoms with van der Waals surface area (Å²) in [6, 6.07) is 0.509. The maximum atomic E-state index is 12.4. The van der Waals surface area contributed by atoms with E-state index in [1.165, 1.54) is 25.7 Å². The van der Waals surface area contributed by atoms with Gasteiger partial charge in [0, 0.05) is 6.04 Å². The number of rotatable bonds is 2. The fourth-order valence-electron chi connectivity index (χ4n) is 3.26. The van der Waals surface area contributed by atoms with Crippen molar-refractivity contribution < 1.29 is 4.79 Å². The quantitative estimate of drug-likeness (QED) is 0.801. The largest absolute Gasteiger partial charge is 0.323 e.